The minimum absolute atomic E-state index is 0.496. The Balaban J connectivity index is 1.17. The van der Waals surface area contributed by atoms with E-state index in [-0.39, 0.29) is 0 Å². The molecule has 0 spiro atoms. The Morgan fingerprint density at radius 2 is 0.467 bits per heavy atom. The van der Waals surface area contributed by atoms with Crippen molar-refractivity contribution in [1.29, 1.82) is 0 Å². The number of ether oxygens (including phenoxy) is 8. The summed E-state index contributed by atoms with van der Waals surface area (Å²) in [4.78, 5) is 4.65. The first-order chi connectivity index (χ1) is 45.0. The summed E-state index contributed by atoms with van der Waals surface area (Å²) in [6.07, 6.45) is 0. The smallest absolute Gasteiger partial charge is 0.127 e. The maximum absolute atomic E-state index is 6.44. The Bertz CT molecular complexity index is 4270. The van der Waals surface area contributed by atoms with E-state index in [1.807, 2.05) is 55.4 Å². The van der Waals surface area contributed by atoms with E-state index in [0.29, 0.717) is 52.9 Å². The van der Waals surface area contributed by atoms with Crippen molar-refractivity contribution in [1.82, 2.24) is 0 Å². The molecular weight excluding hydrogens is 1140 g/mol. The van der Waals surface area contributed by atoms with Gasteiger partial charge in [-0.15, -0.1) is 0 Å². The van der Waals surface area contributed by atoms with E-state index in [2.05, 4.69) is 207 Å². The quantitative estimate of drug-likeness (QED) is 0.0584. The highest BCUT2D eigenvalue weighted by atomic mass is 16.5. The van der Waals surface area contributed by atoms with Crippen LogP contribution >= 0.6 is 0 Å². The van der Waals surface area contributed by atoms with Gasteiger partial charge in [0.15, 0.2) is 0 Å². The van der Waals surface area contributed by atoms with Crippen LogP contribution < -0.4 is 47.7 Å². The average molecular weight is 1220 g/mol. The van der Waals surface area contributed by atoms with Crippen molar-refractivity contribution in [2.75, 3.05) is 62.7 Å². The molecule has 0 heterocycles. The second kappa shape index (κ2) is 25.7. The monoisotopic (exact) mass is 1220 g/mol. The van der Waals surface area contributed by atoms with Gasteiger partial charge in [-0.2, -0.15) is 0 Å². The van der Waals surface area contributed by atoms with Gasteiger partial charge in [0.1, 0.15) is 46.0 Å². The number of anilines is 6. The van der Waals surface area contributed by atoms with Crippen LogP contribution in [-0.2, 0) is 0 Å². The maximum atomic E-state index is 6.44. The fourth-order valence-electron chi connectivity index (χ4n) is 14.0. The number of rotatable bonds is 24. The summed E-state index contributed by atoms with van der Waals surface area (Å²) in [6.45, 7) is 28.4. The fourth-order valence-corrected chi connectivity index (χ4v) is 14.0. The van der Waals surface area contributed by atoms with Crippen LogP contribution in [0.3, 0.4) is 0 Å². The lowest BCUT2D eigenvalue weighted by Crippen LogP contribution is -2.13. The van der Waals surface area contributed by atoms with Gasteiger partial charge < -0.3 is 47.7 Å². The van der Waals surface area contributed by atoms with Crippen LogP contribution in [0.2, 0.25) is 0 Å². The van der Waals surface area contributed by atoms with Crippen LogP contribution in [-0.4, -0.2) is 52.9 Å². The molecule has 0 aromatic heterocycles. The van der Waals surface area contributed by atoms with Gasteiger partial charge in [0, 0.05) is 81.6 Å². The number of hydrogen-bond donors (Lipinski definition) is 0. The number of nitrogens with zero attached hydrogens (tertiary/aromatic N) is 2. The van der Waals surface area contributed by atoms with Gasteiger partial charge in [-0.05, 0) is 171 Å². The highest BCUT2D eigenvalue weighted by molar-refractivity contribution is 6.47. The molecule has 0 aliphatic heterocycles. The van der Waals surface area contributed by atoms with Crippen LogP contribution in [0.25, 0.3) is 86.9 Å². The van der Waals surface area contributed by atoms with Crippen molar-refractivity contribution >= 4 is 98.8 Å². The molecule has 0 bridgehead atoms. The van der Waals surface area contributed by atoms with Crippen molar-refractivity contribution in [3.05, 3.63) is 192 Å². The molecule has 0 saturated carbocycles. The van der Waals surface area contributed by atoms with E-state index in [0.717, 1.165) is 146 Å². The van der Waals surface area contributed by atoms with E-state index < -0.39 is 0 Å². The molecule has 10 heteroatoms. The topological polar surface area (TPSA) is 80.3 Å². The lowest BCUT2D eigenvalue weighted by atomic mass is 9.87. The first-order valence-electron chi connectivity index (χ1n) is 32.7. The van der Waals surface area contributed by atoms with Gasteiger partial charge in [-0.1, -0.05) is 109 Å². The number of benzene rings is 11. The van der Waals surface area contributed by atoms with Crippen LogP contribution in [0.5, 0.6) is 46.0 Å². The van der Waals surface area contributed by atoms with Gasteiger partial charge in [-0.3, -0.25) is 0 Å². The lowest BCUT2D eigenvalue weighted by molar-refractivity contribution is 0.318. The standard InChI is InChI=1S/C82H80N2O8/c1-13-85-67-41-55(42-68(49(67)9)86-14-2)83(56-43-69(87-15-3)50(10)70(44-56)88-16-4)65-39-37-63-77-59(65)33-27-35-61(77)79-75(53-29-23-21-24-30-53)82-64-38-40-66(60-34-28-36-62(78(60)64)80(82)76(81(63)79)54-31-25-22-26-32-54)84(57-45-71(89-17-5)51(11)72(46-57)90-18-6)58-47-73(91-19-7)52(12)74(48-58)92-20-8/h21-48H,13-20H2,1-12H3. The van der Waals surface area contributed by atoms with E-state index in [1.165, 1.54) is 43.4 Å². The summed E-state index contributed by atoms with van der Waals surface area (Å²) in [7, 11) is 0. The lowest BCUT2D eigenvalue weighted by Gasteiger charge is -2.29. The molecule has 0 fully saturated rings. The zero-order chi connectivity index (χ0) is 63.9. The Hall–Kier alpha value is -10.1. The Kier molecular flexibility index (Phi) is 17.0. The third-order valence-corrected chi connectivity index (χ3v) is 17.8. The third kappa shape index (κ3) is 10.3. The third-order valence-electron chi connectivity index (χ3n) is 17.8. The molecule has 0 atom stereocenters. The van der Waals surface area contributed by atoms with E-state index in [1.54, 1.807) is 0 Å². The van der Waals surface area contributed by atoms with Crippen LogP contribution in [0.1, 0.15) is 77.6 Å². The number of fused-ring (bicyclic) bond motifs is 6. The largest absolute Gasteiger partial charge is 0.493 e. The summed E-state index contributed by atoms with van der Waals surface area (Å²) in [5.74, 6) is 6.05. The molecule has 466 valence electrons. The van der Waals surface area contributed by atoms with Crippen molar-refractivity contribution in [3.8, 4) is 68.2 Å². The molecule has 0 amide bonds. The van der Waals surface area contributed by atoms with Gasteiger partial charge in [0.25, 0.3) is 0 Å². The molecule has 0 aliphatic carbocycles. The summed E-state index contributed by atoms with van der Waals surface area (Å²) in [6, 6.07) is 62.2. The molecule has 0 N–H and O–H groups in total. The highest BCUT2D eigenvalue weighted by Gasteiger charge is 2.32. The van der Waals surface area contributed by atoms with Gasteiger partial charge in [-0.25, -0.2) is 0 Å². The van der Waals surface area contributed by atoms with E-state index in [9.17, 15) is 0 Å². The van der Waals surface area contributed by atoms with Crippen LogP contribution in [0.15, 0.2) is 170 Å². The minimum Gasteiger partial charge on any atom is -0.493 e. The summed E-state index contributed by atoms with van der Waals surface area (Å²) < 4.78 is 51.5. The normalized spacial score (nSPS) is 11.6. The molecule has 92 heavy (non-hydrogen) atoms. The second-order valence-corrected chi connectivity index (χ2v) is 23.1. The van der Waals surface area contributed by atoms with Crippen LogP contribution in [0, 0.1) is 27.7 Å². The minimum atomic E-state index is 0.496. The summed E-state index contributed by atoms with van der Waals surface area (Å²) in [5, 5.41) is 13.9. The van der Waals surface area contributed by atoms with E-state index >= 15 is 0 Å². The zero-order valence-electron chi connectivity index (χ0n) is 55.0. The SMILES string of the molecule is CCOc1cc(N(c2cc(OCC)c(C)c(OCC)c2)c2ccc3c4c(-c5ccccc5)c5c6cccc7c(N(c8cc(OCC)c(C)c(OCC)c8)c8cc(OCC)c(C)c(OCC)c8)ccc(c5c(-c5ccccc5)c4c4cccc2c43)c76)cc(OCC)c1C. The molecule has 13 rings (SSSR count). The molecule has 13 aromatic carbocycles. The fraction of sp³-hybridized carbons (Fsp3) is 0.244. The van der Waals surface area contributed by atoms with Gasteiger partial charge in [0.05, 0.1) is 87.0 Å². The summed E-state index contributed by atoms with van der Waals surface area (Å²) >= 11 is 0. The molecule has 0 saturated heterocycles. The molecule has 0 radical (unpaired) electrons. The van der Waals surface area contributed by atoms with Crippen molar-refractivity contribution in [2.45, 2.75) is 83.1 Å². The van der Waals surface area contributed by atoms with E-state index in [4.69, 9.17) is 37.9 Å². The Morgan fingerprint density at radius 1 is 0.239 bits per heavy atom. The number of hydrogen-bond acceptors (Lipinski definition) is 10. The van der Waals surface area contributed by atoms with Crippen molar-refractivity contribution in [2.24, 2.45) is 0 Å². The molecule has 0 aliphatic rings. The van der Waals surface area contributed by atoms with Crippen molar-refractivity contribution < 1.29 is 37.9 Å². The predicted octanol–water partition coefficient (Wildman–Crippen LogP) is 22.2. The maximum Gasteiger partial charge on any atom is 0.127 e. The van der Waals surface area contributed by atoms with Crippen molar-refractivity contribution in [3.63, 3.8) is 0 Å². The molecule has 13 aromatic rings. The van der Waals surface area contributed by atoms with Crippen LogP contribution in [0.4, 0.5) is 34.1 Å². The molecule has 0 unspecified atom stereocenters. The predicted molar refractivity (Wildman–Crippen MR) is 382 cm³/mol. The first-order valence-corrected chi connectivity index (χ1v) is 32.7. The Morgan fingerprint density at radius 3 is 0.707 bits per heavy atom. The van der Waals surface area contributed by atoms with Gasteiger partial charge >= 0.3 is 0 Å². The second-order valence-electron chi connectivity index (χ2n) is 23.1. The summed E-state index contributed by atoms with van der Waals surface area (Å²) in [5.41, 5.74) is 13.9. The average Bonchev–Trinajstić information content (AvgIpc) is 1.51. The molecule has 10 nitrogen and oxygen atoms in total. The Labute approximate surface area is 540 Å². The first kappa shape index (κ1) is 60.8. The van der Waals surface area contributed by atoms with Gasteiger partial charge in [0.2, 0.25) is 0 Å². The molecular formula is C82H80N2O8. The zero-order valence-corrected chi connectivity index (χ0v) is 55.0. The highest BCUT2D eigenvalue weighted by Crippen LogP contribution is 2.59.